The van der Waals surface area contributed by atoms with E-state index in [9.17, 15) is 26.4 Å². The molecule has 1 aromatic carbocycles. The molecule has 27 heavy (non-hydrogen) atoms. The molecule has 3 rings (SSSR count). The van der Waals surface area contributed by atoms with Crippen LogP contribution in [-0.4, -0.2) is 56.1 Å². The van der Waals surface area contributed by atoms with Crippen molar-refractivity contribution < 1.29 is 31.1 Å². The van der Waals surface area contributed by atoms with Gasteiger partial charge in [0.05, 0.1) is 4.90 Å². The summed E-state index contributed by atoms with van der Waals surface area (Å²) in [6.45, 7) is 0.983. The maximum absolute atomic E-state index is 12.7. The summed E-state index contributed by atoms with van der Waals surface area (Å²) in [7, 11) is -3.83. The maximum atomic E-state index is 12.7. The number of benzene rings is 1. The van der Waals surface area contributed by atoms with Crippen LogP contribution in [0.15, 0.2) is 29.2 Å². The highest BCUT2D eigenvalue weighted by Crippen LogP contribution is 2.28. The average Bonchev–Trinajstić information content (AvgIpc) is 3.15. The number of ether oxygens (including phenoxy) is 1. The first-order valence-corrected chi connectivity index (χ1v) is 10.3. The summed E-state index contributed by atoms with van der Waals surface area (Å²) >= 11 is 0. The summed E-state index contributed by atoms with van der Waals surface area (Å²) in [5.41, 5.74) is 0. The predicted octanol–water partition coefficient (Wildman–Crippen LogP) is 2.61. The molecule has 0 bridgehead atoms. The third kappa shape index (κ3) is 4.73. The van der Waals surface area contributed by atoms with Gasteiger partial charge < -0.3 is 9.64 Å². The molecule has 1 heterocycles. The van der Waals surface area contributed by atoms with Gasteiger partial charge in [-0.15, -0.1) is 13.2 Å². The van der Waals surface area contributed by atoms with Gasteiger partial charge in [0, 0.05) is 32.1 Å². The topological polar surface area (TPSA) is 66.9 Å². The van der Waals surface area contributed by atoms with Crippen molar-refractivity contribution in [2.75, 3.05) is 26.2 Å². The predicted molar refractivity (Wildman–Crippen MR) is 90.4 cm³/mol. The average molecular weight is 406 g/mol. The van der Waals surface area contributed by atoms with Crippen LogP contribution < -0.4 is 4.74 Å². The Hall–Kier alpha value is -1.81. The highest BCUT2D eigenvalue weighted by atomic mass is 32.2. The van der Waals surface area contributed by atoms with Gasteiger partial charge in [-0.25, -0.2) is 8.42 Å². The number of piperazine rings is 1. The third-order valence-corrected chi connectivity index (χ3v) is 6.86. The highest BCUT2D eigenvalue weighted by molar-refractivity contribution is 7.89. The van der Waals surface area contributed by atoms with E-state index in [2.05, 4.69) is 4.74 Å². The number of nitrogens with zero attached hydrogens (tertiary/aromatic N) is 2. The van der Waals surface area contributed by atoms with Gasteiger partial charge in [-0.05, 0) is 37.1 Å². The van der Waals surface area contributed by atoms with Gasteiger partial charge in [-0.2, -0.15) is 4.31 Å². The van der Waals surface area contributed by atoms with E-state index < -0.39 is 22.1 Å². The third-order valence-electron chi connectivity index (χ3n) is 4.95. The second-order valence-electron chi connectivity index (χ2n) is 6.73. The number of carbonyl (C=O) groups excluding carboxylic acids is 1. The molecule has 1 aliphatic carbocycles. The number of carbonyl (C=O) groups is 1. The van der Waals surface area contributed by atoms with Gasteiger partial charge >= 0.3 is 6.36 Å². The Morgan fingerprint density at radius 1 is 1.00 bits per heavy atom. The number of rotatable bonds is 4. The molecule has 6 nitrogen and oxygen atoms in total. The number of sulfonamides is 1. The minimum atomic E-state index is -4.83. The van der Waals surface area contributed by atoms with Crippen LogP contribution in [0.1, 0.15) is 25.7 Å². The van der Waals surface area contributed by atoms with Crippen LogP contribution in [0.4, 0.5) is 13.2 Å². The van der Waals surface area contributed by atoms with E-state index in [1.54, 1.807) is 4.90 Å². The van der Waals surface area contributed by atoms with E-state index in [0.717, 1.165) is 49.9 Å². The lowest BCUT2D eigenvalue weighted by atomic mass is 10.1. The Morgan fingerprint density at radius 3 is 2.07 bits per heavy atom. The minimum Gasteiger partial charge on any atom is -0.406 e. The Kier molecular flexibility index (Phi) is 5.66. The van der Waals surface area contributed by atoms with Gasteiger partial charge in [0.1, 0.15) is 5.75 Å². The summed E-state index contributed by atoms with van der Waals surface area (Å²) in [4.78, 5) is 14.0. The van der Waals surface area contributed by atoms with Gasteiger partial charge in [-0.1, -0.05) is 12.8 Å². The molecule has 1 aromatic rings. The van der Waals surface area contributed by atoms with Crippen LogP contribution in [0.5, 0.6) is 5.75 Å². The van der Waals surface area contributed by atoms with E-state index in [1.165, 1.54) is 4.31 Å². The molecule has 1 saturated heterocycles. The summed E-state index contributed by atoms with van der Waals surface area (Å²) in [5.74, 6) is -0.332. The van der Waals surface area contributed by atoms with Crippen molar-refractivity contribution in [1.82, 2.24) is 9.21 Å². The first-order valence-electron chi connectivity index (χ1n) is 8.81. The van der Waals surface area contributed by atoms with Crippen LogP contribution in [0, 0.1) is 5.92 Å². The highest BCUT2D eigenvalue weighted by Gasteiger charge is 2.34. The first kappa shape index (κ1) is 19.9. The molecule has 150 valence electrons. The van der Waals surface area contributed by atoms with E-state index in [0.29, 0.717) is 13.1 Å². The molecule has 10 heteroatoms. The fraction of sp³-hybridized carbons (Fsp3) is 0.588. The molecule has 0 radical (unpaired) electrons. The summed E-state index contributed by atoms with van der Waals surface area (Å²) in [6, 6.07) is 4.12. The number of alkyl halides is 3. The van der Waals surface area contributed by atoms with Gasteiger partial charge in [0.15, 0.2) is 0 Å². The standard InChI is InChI=1S/C17H21F3N2O4S/c18-17(19,20)26-14-5-7-15(8-6-14)27(24,25)22-11-9-21(10-12-22)16(23)13-3-1-2-4-13/h5-8,13H,1-4,9-12H2. The summed E-state index contributed by atoms with van der Waals surface area (Å²) < 4.78 is 67.0. The molecule has 1 aliphatic heterocycles. The Morgan fingerprint density at radius 2 is 1.56 bits per heavy atom. The van der Waals surface area contributed by atoms with Crippen LogP contribution in [0.3, 0.4) is 0 Å². The summed E-state index contributed by atoms with van der Waals surface area (Å²) in [5, 5.41) is 0. The fourth-order valence-corrected chi connectivity index (χ4v) is 4.96. The normalized spacial score (nSPS) is 20.0. The number of hydrogen-bond donors (Lipinski definition) is 0. The monoisotopic (exact) mass is 406 g/mol. The van der Waals surface area contributed by atoms with E-state index in [-0.39, 0.29) is 29.8 Å². The van der Waals surface area contributed by atoms with Gasteiger partial charge in [0.25, 0.3) is 0 Å². The molecule has 0 spiro atoms. The Balaban J connectivity index is 1.62. The first-order chi connectivity index (χ1) is 12.7. The second kappa shape index (κ2) is 7.67. The molecule has 1 amide bonds. The SMILES string of the molecule is O=C(C1CCCC1)N1CCN(S(=O)(=O)c2ccc(OC(F)(F)F)cc2)CC1. The van der Waals surface area contributed by atoms with Crippen molar-refractivity contribution >= 4 is 15.9 Å². The van der Waals surface area contributed by atoms with Gasteiger partial charge in [0.2, 0.25) is 15.9 Å². The second-order valence-corrected chi connectivity index (χ2v) is 8.67. The zero-order chi connectivity index (χ0) is 19.7. The van der Waals surface area contributed by atoms with Crippen molar-refractivity contribution in [3.05, 3.63) is 24.3 Å². The van der Waals surface area contributed by atoms with Crippen LogP contribution in [-0.2, 0) is 14.8 Å². The smallest absolute Gasteiger partial charge is 0.406 e. The quantitative estimate of drug-likeness (QED) is 0.771. The Bertz CT molecular complexity index is 766. The molecule has 0 aromatic heterocycles. The minimum absolute atomic E-state index is 0.0503. The number of amides is 1. The maximum Gasteiger partial charge on any atom is 0.573 e. The molecule has 0 N–H and O–H groups in total. The van der Waals surface area contributed by atoms with Crippen LogP contribution in [0.2, 0.25) is 0 Å². The van der Waals surface area contributed by atoms with E-state index in [4.69, 9.17) is 0 Å². The molecule has 2 fully saturated rings. The number of hydrogen-bond acceptors (Lipinski definition) is 4. The molecule has 2 aliphatic rings. The van der Waals surface area contributed by atoms with Crippen LogP contribution >= 0.6 is 0 Å². The van der Waals surface area contributed by atoms with Crippen molar-refractivity contribution in [2.45, 2.75) is 36.9 Å². The molecular formula is C17H21F3N2O4S. The fourth-order valence-electron chi connectivity index (χ4n) is 3.54. The van der Waals surface area contributed by atoms with Crippen molar-refractivity contribution in [3.8, 4) is 5.75 Å². The largest absolute Gasteiger partial charge is 0.573 e. The van der Waals surface area contributed by atoms with E-state index in [1.807, 2.05) is 0 Å². The lowest BCUT2D eigenvalue weighted by Crippen LogP contribution is -2.51. The van der Waals surface area contributed by atoms with Crippen molar-refractivity contribution in [2.24, 2.45) is 5.92 Å². The lowest BCUT2D eigenvalue weighted by molar-refractivity contribution is -0.274. The molecular weight excluding hydrogens is 385 g/mol. The molecule has 0 atom stereocenters. The molecule has 0 unspecified atom stereocenters. The number of halogens is 3. The summed E-state index contributed by atoms with van der Waals surface area (Å²) in [6.07, 6.45) is -0.937. The van der Waals surface area contributed by atoms with E-state index >= 15 is 0 Å². The lowest BCUT2D eigenvalue weighted by Gasteiger charge is -2.35. The van der Waals surface area contributed by atoms with Gasteiger partial charge in [-0.3, -0.25) is 4.79 Å². The van der Waals surface area contributed by atoms with Crippen LogP contribution in [0.25, 0.3) is 0 Å². The van der Waals surface area contributed by atoms with Crippen molar-refractivity contribution in [3.63, 3.8) is 0 Å². The molecule has 1 saturated carbocycles. The zero-order valence-electron chi connectivity index (χ0n) is 14.6. The Labute approximate surface area is 155 Å². The zero-order valence-corrected chi connectivity index (χ0v) is 15.4. The van der Waals surface area contributed by atoms with Crippen molar-refractivity contribution in [1.29, 1.82) is 0 Å².